The Labute approximate surface area is 69.4 Å². The number of nitrogens with zero attached hydrogens (tertiary/aromatic N) is 1. The lowest BCUT2D eigenvalue weighted by Crippen LogP contribution is -2.12. The third-order valence-electron chi connectivity index (χ3n) is 1.22. The van der Waals surface area contributed by atoms with E-state index in [2.05, 4.69) is 4.98 Å². The van der Waals surface area contributed by atoms with E-state index in [9.17, 15) is 0 Å². The number of hydrogen-bond donors (Lipinski definition) is 3. The van der Waals surface area contributed by atoms with E-state index in [1.807, 2.05) is 0 Å². The Morgan fingerprint density at radius 2 is 2.09 bits per heavy atom. The predicted octanol–water partition coefficient (Wildman–Crippen LogP) is -0.120. The molecule has 0 bridgehead atoms. The highest BCUT2D eigenvalue weighted by Gasteiger charge is 2.01. The Morgan fingerprint density at radius 1 is 1.45 bits per heavy atom. The molecule has 1 rings (SSSR count). The fourth-order valence-corrected chi connectivity index (χ4v) is 0.864. The Kier molecular flexibility index (Phi) is 1.91. The highest BCUT2D eigenvalue weighted by molar-refractivity contribution is 7.80. The molecule has 5 heteroatoms. The lowest BCUT2D eigenvalue weighted by atomic mass is 10.2. The van der Waals surface area contributed by atoms with Gasteiger partial charge in [-0.05, 0) is 0 Å². The first kappa shape index (κ1) is 7.74. The molecule has 0 unspecified atom stereocenters. The number of nitrogen functional groups attached to an aromatic ring is 2. The molecule has 0 aliphatic carbocycles. The van der Waals surface area contributed by atoms with Gasteiger partial charge < -0.3 is 17.2 Å². The molecule has 4 nitrogen and oxygen atoms in total. The van der Waals surface area contributed by atoms with Crippen LogP contribution in [0.2, 0.25) is 0 Å². The number of anilines is 2. The molecule has 0 atom stereocenters. The summed E-state index contributed by atoms with van der Waals surface area (Å²) < 4.78 is 0. The number of aromatic nitrogens is 1. The summed E-state index contributed by atoms with van der Waals surface area (Å²) in [6.07, 6.45) is 1.47. The highest BCUT2D eigenvalue weighted by Crippen LogP contribution is 2.11. The normalized spacial score (nSPS) is 9.45. The summed E-state index contributed by atoms with van der Waals surface area (Å²) in [6, 6.07) is 1.52. The van der Waals surface area contributed by atoms with Gasteiger partial charge in [0.15, 0.2) is 0 Å². The van der Waals surface area contributed by atoms with E-state index in [-0.39, 0.29) is 4.99 Å². The Bertz CT molecular complexity index is 297. The Balaban J connectivity index is 3.20. The van der Waals surface area contributed by atoms with Crippen LogP contribution in [-0.2, 0) is 0 Å². The van der Waals surface area contributed by atoms with Gasteiger partial charge in [0.25, 0.3) is 0 Å². The van der Waals surface area contributed by atoms with Crippen LogP contribution in [0.25, 0.3) is 0 Å². The predicted molar refractivity (Wildman–Crippen MR) is 48.9 cm³/mol. The minimum Gasteiger partial charge on any atom is -0.398 e. The fourth-order valence-electron chi connectivity index (χ4n) is 0.694. The second-order valence-electron chi connectivity index (χ2n) is 2.06. The van der Waals surface area contributed by atoms with Crippen LogP contribution in [0.4, 0.5) is 11.5 Å². The van der Waals surface area contributed by atoms with E-state index < -0.39 is 0 Å². The van der Waals surface area contributed by atoms with Crippen molar-refractivity contribution in [3.63, 3.8) is 0 Å². The zero-order valence-electron chi connectivity index (χ0n) is 5.74. The van der Waals surface area contributed by atoms with Crippen molar-refractivity contribution >= 4 is 28.7 Å². The van der Waals surface area contributed by atoms with Crippen LogP contribution in [0, 0.1) is 0 Å². The van der Waals surface area contributed by atoms with Crippen molar-refractivity contribution in [3.05, 3.63) is 17.8 Å². The van der Waals surface area contributed by atoms with E-state index >= 15 is 0 Å². The molecule has 0 amide bonds. The third-order valence-corrected chi connectivity index (χ3v) is 1.44. The van der Waals surface area contributed by atoms with Gasteiger partial charge in [0.1, 0.15) is 10.8 Å². The molecule has 0 fully saturated rings. The summed E-state index contributed by atoms with van der Waals surface area (Å²) in [7, 11) is 0. The molecule has 0 aliphatic heterocycles. The first-order valence-electron chi connectivity index (χ1n) is 2.92. The summed E-state index contributed by atoms with van der Waals surface area (Å²) >= 11 is 4.71. The van der Waals surface area contributed by atoms with Crippen LogP contribution in [-0.4, -0.2) is 9.97 Å². The average Bonchev–Trinajstić information content (AvgIpc) is 1.85. The van der Waals surface area contributed by atoms with Crippen LogP contribution in [0.5, 0.6) is 0 Å². The highest BCUT2D eigenvalue weighted by atomic mass is 32.1. The monoisotopic (exact) mass is 168 g/mol. The van der Waals surface area contributed by atoms with E-state index in [0.717, 1.165) is 0 Å². The fraction of sp³-hybridized carbons (Fsp3) is 0. The van der Waals surface area contributed by atoms with Crippen molar-refractivity contribution in [2.24, 2.45) is 5.73 Å². The van der Waals surface area contributed by atoms with Crippen molar-refractivity contribution in [1.29, 1.82) is 0 Å². The van der Waals surface area contributed by atoms with Crippen LogP contribution >= 0.6 is 12.2 Å². The maximum atomic E-state index is 5.53. The molecule has 0 saturated carbocycles. The molecule has 0 radical (unpaired) electrons. The van der Waals surface area contributed by atoms with Crippen LogP contribution in [0.3, 0.4) is 0 Å². The van der Waals surface area contributed by atoms with Gasteiger partial charge in [-0.3, -0.25) is 0 Å². The van der Waals surface area contributed by atoms with Gasteiger partial charge in [-0.2, -0.15) is 0 Å². The Hall–Kier alpha value is -1.36. The van der Waals surface area contributed by atoms with Gasteiger partial charge in [0, 0.05) is 18.0 Å². The van der Waals surface area contributed by atoms with Gasteiger partial charge in [-0.15, -0.1) is 0 Å². The van der Waals surface area contributed by atoms with Gasteiger partial charge in [0.2, 0.25) is 0 Å². The first-order chi connectivity index (χ1) is 5.11. The quantitative estimate of drug-likeness (QED) is 0.508. The number of rotatable bonds is 1. The molecule has 0 saturated heterocycles. The molecule has 1 heterocycles. The van der Waals surface area contributed by atoms with Crippen molar-refractivity contribution < 1.29 is 0 Å². The second kappa shape index (κ2) is 2.71. The first-order valence-corrected chi connectivity index (χ1v) is 3.33. The molecular weight excluding hydrogens is 160 g/mol. The van der Waals surface area contributed by atoms with Crippen molar-refractivity contribution in [2.75, 3.05) is 11.5 Å². The number of nitrogens with two attached hydrogens (primary N) is 3. The maximum absolute atomic E-state index is 5.53. The van der Waals surface area contributed by atoms with E-state index in [1.165, 1.54) is 12.3 Å². The topological polar surface area (TPSA) is 90.9 Å². The van der Waals surface area contributed by atoms with Crippen LogP contribution in [0.1, 0.15) is 5.56 Å². The van der Waals surface area contributed by atoms with Crippen LogP contribution < -0.4 is 17.2 Å². The molecule has 0 aromatic carbocycles. The van der Waals surface area contributed by atoms with Gasteiger partial charge in [-0.25, -0.2) is 4.98 Å². The number of hydrogen-bond acceptors (Lipinski definition) is 4. The standard InChI is InChI=1S/C6H8N4S/c7-4-1-5(8)10-2-3(4)6(9)11/h1-2H,(H2,9,11)(H4,7,8,10). The summed E-state index contributed by atoms with van der Waals surface area (Å²) in [5.41, 5.74) is 17.2. The summed E-state index contributed by atoms with van der Waals surface area (Å²) in [5, 5.41) is 0. The Morgan fingerprint density at radius 3 is 2.55 bits per heavy atom. The zero-order chi connectivity index (χ0) is 8.43. The SMILES string of the molecule is NC(=S)c1cnc(N)cc1N. The lowest BCUT2D eigenvalue weighted by molar-refractivity contribution is 1.33. The summed E-state index contributed by atoms with van der Waals surface area (Å²) in [4.78, 5) is 4.02. The number of pyridine rings is 1. The van der Waals surface area contributed by atoms with Crippen molar-refractivity contribution in [2.45, 2.75) is 0 Å². The van der Waals surface area contributed by atoms with Crippen molar-refractivity contribution in [1.82, 2.24) is 4.98 Å². The minimum absolute atomic E-state index is 0.231. The van der Waals surface area contributed by atoms with Gasteiger partial charge >= 0.3 is 0 Å². The van der Waals surface area contributed by atoms with E-state index in [4.69, 9.17) is 29.4 Å². The second-order valence-corrected chi connectivity index (χ2v) is 2.50. The van der Waals surface area contributed by atoms with Gasteiger partial charge in [-0.1, -0.05) is 12.2 Å². The molecule has 1 aromatic rings. The molecule has 0 aliphatic rings. The smallest absolute Gasteiger partial charge is 0.125 e. The maximum Gasteiger partial charge on any atom is 0.125 e. The summed E-state index contributed by atoms with van der Waals surface area (Å²) in [5.74, 6) is 0.363. The van der Waals surface area contributed by atoms with Gasteiger partial charge in [0.05, 0.1) is 5.56 Å². The third kappa shape index (κ3) is 1.56. The molecule has 1 aromatic heterocycles. The minimum atomic E-state index is 0.231. The largest absolute Gasteiger partial charge is 0.398 e. The van der Waals surface area contributed by atoms with E-state index in [0.29, 0.717) is 17.1 Å². The number of thiocarbonyl (C=S) groups is 1. The average molecular weight is 168 g/mol. The summed E-state index contributed by atoms with van der Waals surface area (Å²) in [6.45, 7) is 0. The lowest BCUT2D eigenvalue weighted by Gasteiger charge is -2.02. The molecule has 58 valence electrons. The zero-order valence-corrected chi connectivity index (χ0v) is 6.56. The molecular formula is C6H8N4S. The molecule has 0 spiro atoms. The van der Waals surface area contributed by atoms with Crippen LogP contribution in [0.15, 0.2) is 12.3 Å². The van der Waals surface area contributed by atoms with Crippen molar-refractivity contribution in [3.8, 4) is 0 Å². The molecule has 6 N–H and O–H groups in total. The molecule has 11 heavy (non-hydrogen) atoms. The van der Waals surface area contributed by atoms with E-state index in [1.54, 1.807) is 0 Å².